The van der Waals surface area contributed by atoms with Crippen LogP contribution in [0.3, 0.4) is 0 Å². The zero-order chi connectivity index (χ0) is 12.7. The first-order chi connectivity index (χ1) is 8.10. The molecule has 0 aliphatic heterocycles. The van der Waals surface area contributed by atoms with Gasteiger partial charge in [-0.05, 0) is 25.7 Å². The Morgan fingerprint density at radius 1 is 1.18 bits per heavy atom. The summed E-state index contributed by atoms with van der Waals surface area (Å²) < 4.78 is 0. The first-order valence-corrected chi connectivity index (χ1v) is 6.22. The topological polar surface area (TPSA) is 86.6 Å². The average Bonchev–Trinajstić information content (AvgIpc) is 2.74. The van der Waals surface area contributed by atoms with Crippen molar-refractivity contribution in [3.8, 4) is 0 Å². The summed E-state index contributed by atoms with van der Waals surface area (Å²) in [5, 5.41) is 20.5. The van der Waals surface area contributed by atoms with Gasteiger partial charge >= 0.3 is 5.97 Å². The number of carboxylic acid groups (broad SMARTS) is 1. The number of carbonyl (C=O) groups is 2. The molecule has 1 fully saturated rings. The molecule has 0 aromatic carbocycles. The van der Waals surface area contributed by atoms with Crippen molar-refractivity contribution in [2.45, 2.75) is 44.9 Å². The Morgan fingerprint density at radius 2 is 1.82 bits per heavy atom. The van der Waals surface area contributed by atoms with E-state index in [1.165, 1.54) is 0 Å². The first kappa shape index (κ1) is 14.0. The summed E-state index contributed by atoms with van der Waals surface area (Å²) in [4.78, 5) is 22.9. The second-order valence-corrected chi connectivity index (χ2v) is 4.75. The predicted octanol–water partition coefficient (Wildman–Crippen LogP) is 0.910. The molecule has 1 aliphatic carbocycles. The Labute approximate surface area is 101 Å². The smallest absolute Gasteiger partial charge is 0.310 e. The highest BCUT2D eigenvalue weighted by atomic mass is 16.4. The number of hydrogen-bond donors (Lipinski definition) is 3. The summed E-state index contributed by atoms with van der Waals surface area (Å²) in [5.74, 6) is -1.03. The lowest BCUT2D eigenvalue weighted by Crippen LogP contribution is -2.36. The van der Waals surface area contributed by atoms with Crippen LogP contribution in [0.5, 0.6) is 0 Å². The van der Waals surface area contributed by atoms with E-state index in [-0.39, 0.29) is 18.9 Å². The van der Waals surface area contributed by atoms with E-state index in [0.29, 0.717) is 25.8 Å². The Bertz CT molecular complexity index is 272. The van der Waals surface area contributed by atoms with Crippen LogP contribution in [0, 0.1) is 5.41 Å². The maximum Gasteiger partial charge on any atom is 0.310 e. The molecule has 0 spiro atoms. The largest absolute Gasteiger partial charge is 0.481 e. The van der Waals surface area contributed by atoms with Gasteiger partial charge in [-0.1, -0.05) is 12.8 Å². The zero-order valence-electron chi connectivity index (χ0n) is 10.1. The minimum absolute atomic E-state index is 0.0848. The molecule has 0 atom stereocenters. The van der Waals surface area contributed by atoms with Crippen molar-refractivity contribution in [1.82, 2.24) is 5.32 Å². The van der Waals surface area contributed by atoms with Crippen LogP contribution >= 0.6 is 0 Å². The highest BCUT2D eigenvalue weighted by Gasteiger charge is 2.42. The third-order valence-electron chi connectivity index (χ3n) is 3.42. The molecule has 1 saturated carbocycles. The molecule has 0 aromatic heterocycles. The van der Waals surface area contributed by atoms with Gasteiger partial charge in [0.15, 0.2) is 0 Å². The SMILES string of the molecule is O=C(CC1(C(=O)O)CCCC1)NCCCCO. The number of nitrogens with one attached hydrogen (secondary N) is 1. The zero-order valence-corrected chi connectivity index (χ0v) is 10.1. The Kier molecular flexibility index (Phi) is 5.41. The van der Waals surface area contributed by atoms with Gasteiger partial charge in [0.1, 0.15) is 0 Å². The van der Waals surface area contributed by atoms with Crippen molar-refractivity contribution >= 4 is 11.9 Å². The second kappa shape index (κ2) is 6.59. The van der Waals surface area contributed by atoms with Crippen LogP contribution in [0.4, 0.5) is 0 Å². The summed E-state index contributed by atoms with van der Waals surface area (Å²) in [6.07, 6.45) is 4.46. The van der Waals surface area contributed by atoms with E-state index >= 15 is 0 Å². The van der Waals surface area contributed by atoms with Crippen molar-refractivity contribution in [3.63, 3.8) is 0 Å². The van der Waals surface area contributed by atoms with Crippen molar-refractivity contribution in [1.29, 1.82) is 0 Å². The third-order valence-corrected chi connectivity index (χ3v) is 3.42. The lowest BCUT2D eigenvalue weighted by Gasteiger charge is -2.22. The second-order valence-electron chi connectivity index (χ2n) is 4.75. The predicted molar refractivity (Wildman–Crippen MR) is 62.5 cm³/mol. The minimum Gasteiger partial charge on any atom is -0.481 e. The van der Waals surface area contributed by atoms with Crippen molar-refractivity contribution in [3.05, 3.63) is 0 Å². The van der Waals surface area contributed by atoms with Crippen LogP contribution in [0.1, 0.15) is 44.9 Å². The lowest BCUT2D eigenvalue weighted by molar-refractivity contribution is -0.151. The quantitative estimate of drug-likeness (QED) is 0.580. The Morgan fingerprint density at radius 3 is 2.35 bits per heavy atom. The van der Waals surface area contributed by atoms with E-state index in [0.717, 1.165) is 19.3 Å². The highest BCUT2D eigenvalue weighted by molar-refractivity contribution is 5.85. The maximum atomic E-state index is 11.6. The molecular weight excluding hydrogens is 222 g/mol. The number of aliphatic hydroxyl groups excluding tert-OH is 1. The molecule has 1 amide bonds. The van der Waals surface area contributed by atoms with Gasteiger partial charge in [-0.15, -0.1) is 0 Å². The molecule has 5 heteroatoms. The summed E-state index contributed by atoms with van der Waals surface area (Å²) >= 11 is 0. The Hall–Kier alpha value is -1.10. The number of unbranched alkanes of at least 4 members (excludes halogenated alkanes) is 1. The van der Waals surface area contributed by atoms with Crippen LogP contribution in [0.25, 0.3) is 0 Å². The van der Waals surface area contributed by atoms with Crippen LogP contribution in [0.2, 0.25) is 0 Å². The molecule has 1 rings (SSSR count). The molecule has 5 nitrogen and oxygen atoms in total. The van der Waals surface area contributed by atoms with Gasteiger partial charge in [-0.2, -0.15) is 0 Å². The molecule has 17 heavy (non-hydrogen) atoms. The fraction of sp³-hybridized carbons (Fsp3) is 0.833. The van der Waals surface area contributed by atoms with Crippen molar-refractivity contribution in [2.75, 3.05) is 13.2 Å². The minimum atomic E-state index is -0.847. The number of carbonyl (C=O) groups excluding carboxylic acids is 1. The van der Waals surface area contributed by atoms with E-state index in [1.54, 1.807) is 0 Å². The molecule has 98 valence electrons. The van der Waals surface area contributed by atoms with Gasteiger partial charge < -0.3 is 15.5 Å². The van der Waals surface area contributed by atoms with Crippen LogP contribution < -0.4 is 5.32 Å². The normalized spacial score (nSPS) is 17.9. The highest BCUT2D eigenvalue weighted by Crippen LogP contribution is 2.41. The summed E-state index contributed by atoms with van der Waals surface area (Å²) in [7, 11) is 0. The number of aliphatic carboxylic acids is 1. The van der Waals surface area contributed by atoms with Gasteiger partial charge in [0.2, 0.25) is 5.91 Å². The van der Waals surface area contributed by atoms with Crippen molar-refractivity contribution < 1.29 is 19.8 Å². The van der Waals surface area contributed by atoms with E-state index in [1.807, 2.05) is 0 Å². The van der Waals surface area contributed by atoms with Crippen LogP contribution in [-0.4, -0.2) is 35.2 Å². The number of carboxylic acids is 1. The number of amides is 1. The standard InChI is InChI=1S/C12H21NO4/c14-8-4-3-7-13-10(15)9-12(11(16)17)5-1-2-6-12/h14H,1-9H2,(H,13,15)(H,16,17). The van der Waals surface area contributed by atoms with Gasteiger partial charge in [0, 0.05) is 19.6 Å². The summed E-state index contributed by atoms with van der Waals surface area (Å²) in [5.41, 5.74) is -0.832. The molecule has 0 saturated heterocycles. The van der Waals surface area contributed by atoms with E-state index in [2.05, 4.69) is 5.32 Å². The van der Waals surface area contributed by atoms with Crippen LogP contribution in [0.15, 0.2) is 0 Å². The molecule has 3 N–H and O–H groups in total. The third kappa shape index (κ3) is 4.00. The fourth-order valence-corrected chi connectivity index (χ4v) is 2.35. The average molecular weight is 243 g/mol. The Balaban J connectivity index is 2.35. The summed E-state index contributed by atoms with van der Waals surface area (Å²) in [6.45, 7) is 0.629. The monoisotopic (exact) mass is 243 g/mol. The van der Waals surface area contributed by atoms with E-state index in [4.69, 9.17) is 5.11 Å². The van der Waals surface area contributed by atoms with Crippen molar-refractivity contribution in [2.24, 2.45) is 5.41 Å². The molecule has 0 aromatic rings. The van der Waals surface area contributed by atoms with Gasteiger partial charge in [0.05, 0.1) is 5.41 Å². The summed E-state index contributed by atoms with van der Waals surface area (Å²) in [6, 6.07) is 0. The van der Waals surface area contributed by atoms with Gasteiger partial charge in [-0.25, -0.2) is 0 Å². The number of hydrogen-bond acceptors (Lipinski definition) is 3. The maximum absolute atomic E-state index is 11.6. The van der Waals surface area contributed by atoms with Gasteiger partial charge in [0.25, 0.3) is 0 Å². The lowest BCUT2D eigenvalue weighted by atomic mass is 9.82. The molecule has 1 aliphatic rings. The number of rotatable bonds is 7. The molecule has 0 unspecified atom stereocenters. The fourth-order valence-electron chi connectivity index (χ4n) is 2.35. The van der Waals surface area contributed by atoms with Crippen LogP contribution in [-0.2, 0) is 9.59 Å². The van der Waals surface area contributed by atoms with E-state index in [9.17, 15) is 14.7 Å². The first-order valence-electron chi connectivity index (χ1n) is 6.22. The molecular formula is C12H21NO4. The van der Waals surface area contributed by atoms with Gasteiger partial charge in [-0.3, -0.25) is 9.59 Å². The molecule has 0 heterocycles. The van der Waals surface area contributed by atoms with E-state index < -0.39 is 11.4 Å². The molecule has 0 radical (unpaired) electrons. The number of aliphatic hydroxyl groups is 1. The molecule has 0 bridgehead atoms.